The fraction of sp³-hybridized carbons (Fsp3) is 0.565. The van der Waals surface area contributed by atoms with Gasteiger partial charge in [0.05, 0.1) is 24.3 Å². The van der Waals surface area contributed by atoms with Crippen molar-refractivity contribution in [3.05, 3.63) is 39.9 Å². The standard InChI is InChI=1S/C23H28N6O5/c30-15-3-5-28(6-4-15)21(22-25-26-27-29(22)13-16-2-1-7-32-16)17-10-14-11-19-20(34-9-8-33-19)12-18(14)24-23(17)31/h10-12,15-16,21,30H,1-9,13H2,(H,24,31)/t16-,21+/m0/s1. The highest BCUT2D eigenvalue weighted by Gasteiger charge is 2.33. The number of rotatable bonds is 5. The molecule has 2 fully saturated rings. The molecular weight excluding hydrogens is 440 g/mol. The van der Waals surface area contributed by atoms with Crippen molar-refractivity contribution in [2.75, 3.05) is 32.9 Å². The summed E-state index contributed by atoms with van der Waals surface area (Å²) in [5, 5.41) is 23.5. The van der Waals surface area contributed by atoms with Gasteiger partial charge in [0, 0.05) is 36.7 Å². The lowest BCUT2D eigenvalue weighted by Crippen LogP contribution is -2.42. The van der Waals surface area contributed by atoms with Crippen LogP contribution in [0.1, 0.15) is 43.1 Å². The fourth-order valence-corrected chi connectivity index (χ4v) is 5.12. The number of hydrogen-bond donors (Lipinski definition) is 2. The summed E-state index contributed by atoms with van der Waals surface area (Å²) in [6, 6.07) is 5.15. The molecule has 2 atom stereocenters. The summed E-state index contributed by atoms with van der Waals surface area (Å²) in [4.78, 5) is 18.6. The Morgan fingerprint density at radius 1 is 1.09 bits per heavy atom. The Hall–Kier alpha value is -3.02. The summed E-state index contributed by atoms with van der Waals surface area (Å²) in [5.41, 5.74) is 1.04. The van der Waals surface area contributed by atoms with E-state index < -0.39 is 6.04 Å². The zero-order valence-electron chi connectivity index (χ0n) is 18.9. The van der Waals surface area contributed by atoms with Crippen LogP contribution >= 0.6 is 0 Å². The van der Waals surface area contributed by atoms with Gasteiger partial charge in [0.25, 0.3) is 5.56 Å². The van der Waals surface area contributed by atoms with Crippen molar-refractivity contribution >= 4 is 10.9 Å². The van der Waals surface area contributed by atoms with Crippen molar-refractivity contribution in [3.8, 4) is 11.5 Å². The average Bonchev–Trinajstić information content (AvgIpc) is 3.52. The predicted molar refractivity (Wildman–Crippen MR) is 121 cm³/mol. The number of nitrogens with one attached hydrogen (secondary N) is 1. The number of aromatic amines is 1. The number of ether oxygens (including phenoxy) is 3. The Bertz CT molecular complexity index is 1230. The highest BCUT2D eigenvalue weighted by atomic mass is 16.6. The monoisotopic (exact) mass is 468 g/mol. The molecule has 180 valence electrons. The third-order valence-corrected chi connectivity index (χ3v) is 6.90. The van der Waals surface area contributed by atoms with Gasteiger partial charge in [-0.1, -0.05) is 0 Å². The second-order valence-electron chi connectivity index (χ2n) is 9.16. The summed E-state index contributed by atoms with van der Waals surface area (Å²) in [5.74, 6) is 1.90. The topological polar surface area (TPSA) is 128 Å². The normalized spacial score (nSPS) is 22.3. The minimum Gasteiger partial charge on any atom is -0.486 e. The summed E-state index contributed by atoms with van der Waals surface area (Å²) < 4.78 is 19.0. The van der Waals surface area contributed by atoms with Gasteiger partial charge in [-0.3, -0.25) is 9.69 Å². The van der Waals surface area contributed by atoms with Gasteiger partial charge in [0.1, 0.15) is 19.3 Å². The van der Waals surface area contributed by atoms with Crippen molar-refractivity contribution in [1.82, 2.24) is 30.1 Å². The van der Waals surface area contributed by atoms with Crippen LogP contribution in [0.3, 0.4) is 0 Å². The van der Waals surface area contributed by atoms with Crippen LogP contribution in [0.15, 0.2) is 23.0 Å². The first-order valence-electron chi connectivity index (χ1n) is 11.9. The number of tetrazole rings is 1. The molecule has 6 rings (SSSR count). The molecule has 5 heterocycles. The van der Waals surface area contributed by atoms with E-state index in [-0.39, 0.29) is 17.8 Å². The number of aliphatic hydroxyl groups excluding tert-OH is 1. The quantitative estimate of drug-likeness (QED) is 0.564. The van der Waals surface area contributed by atoms with Crippen molar-refractivity contribution in [2.24, 2.45) is 0 Å². The molecule has 11 nitrogen and oxygen atoms in total. The van der Waals surface area contributed by atoms with E-state index in [0.717, 1.165) is 24.8 Å². The van der Waals surface area contributed by atoms with Crippen LogP contribution in [0.4, 0.5) is 0 Å². The number of H-pyrrole nitrogens is 1. The molecule has 0 radical (unpaired) electrons. The molecule has 1 aromatic carbocycles. The lowest BCUT2D eigenvalue weighted by Gasteiger charge is -2.35. The maximum absolute atomic E-state index is 13.4. The van der Waals surface area contributed by atoms with Crippen LogP contribution in [0, 0.1) is 0 Å². The molecule has 0 unspecified atom stereocenters. The molecule has 2 N–H and O–H groups in total. The number of pyridine rings is 1. The Morgan fingerprint density at radius 2 is 1.88 bits per heavy atom. The van der Waals surface area contributed by atoms with Crippen LogP contribution in [-0.2, 0) is 11.3 Å². The number of fused-ring (bicyclic) bond motifs is 2. The first-order valence-corrected chi connectivity index (χ1v) is 11.9. The first kappa shape index (κ1) is 21.5. The Labute approximate surface area is 195 Å². The molecule has 3 aromatic rings. The molecule has 0 spiro atoms. The van der Waals surface area contributed by atoms with E-state index in [9.17, 15) is 9.90 Å². The highest BCUT2D eigenvalue weighted by Crippen LogP contribution is 2.35. The molecule has 2 aromatic heterocycles. The fourth-order valence-electron chi connectivity index (χ4n) is 5.12. The average molecular weight is 469 g/mol. The number of aliphatic hydroxyl groups is 1. The maximum atomic E-state index is 13.4. The Kier molecular flexibility index (Phi) is 5.67. The number of nitrogens with zero attached hydrogens (tertiary/aromatic N) is 5. The molecule has 34 heavy (non-hydrogen) atoms. The van der Waals surface area contributed by atoms with Crippen molar-refractivity contribution < 1.29 is 19.3 Å². The largest absolute Gasteiger partial charge is 0.486 e. The molecule has 0 saturated carbocycles. The Morgan fingerprint density at radius 3 is 2.65 bits per heavy atom. The molecule has 11 heteroatoms. The molecule has 0 aliphatic carbocycles. The van der Waals surface area contributed by atoms with E-state index in [1.807, 2.05) is 18.2 Å². The van der Waals surface area contributed by atoms with Crippen molar-refractivity contribution in [1.29, 1.82) is 0 Å². The second-order valence-corrected chi connectivity index (χ2v) is 9.16. The zero-order chi connectivity index (χ0) is 23.1. The molecule has 3 aliphatic heterocycles. The number of benzene rings is 1. The molecule has 0 amide bonds. The number of aromatic nitrogens is 5. The van der Waals surface area contributed by atoms with Gasteiger partial charge in [-0.15, -0.1) is 5.10 Å². The van der Waals surface area contributed by atoms with Gasteiger partial charge in [0.15, 0.2) is 17.3 Å². The third kappa shape index (κ3) is 4.04. The first-order chi connectivity index (χ1) is 16.7. The van der Waals surface area contributed by atoms with Gasteiger partial charge in [-0.05, 0) is 48.2 Å². The van der Waals surface area contributed by atoms with E-state index >= 15 is 0 Å². The van der Waals surface area contributed by atoms with E-state index in [4.69, 9.17) is 14.2 Å². The smallest absolute Gasteiger partial charge is 0.253 e. The van der Waals surface area contributed by atoms with Crippen LogP contribution in [0.2, 0.25) is 0 Å². The van der Waals surface area contributed by atoms with Crippen molar-refractivity contribution in [3.63, 3.8) is 0 Å². The molecule has 3 aliphatic rings. The highest BCUT2D eigenvalue weighted by molar-refractivity contribution is 5.83. The summed E-state index contributed by atoms with van der Waals surface area (Å²) >= 11 is 0. The van der Waals surface area contributed by atoms with Gasteiger partial charge < -0.3 is 24.3 Å². The van der Waals surface area contributed by atoms with Crippen LogP contribution in [0.5, 0.6) is 11.5 Å². The number of piperidine rings is 1. The van der Waals surface area contributed by atoms with Gasteiger partial charge in [-0.25, -0.2) is 4.68 Å². The number of likely N-dealkylation sites (tertiary alicyclic amines) is 1. The van der Waals surface area contributed by atoms with Crippen LogP contribution in [0.25, 0.3) is 10.9 Å². The Balaban J connectivity index is 1.43. The van der Waals surface area contributed by atoms with Gasteiger partial charge >= 0.3 is 0 Å². The molecule has 0 bridgehead atoms. The summed E-state index contributed by atoms with van der Waals surface area (Å²) in [7, 11) is 0. The van der Waals surface area contributed by atoms with Crippen LogP contribution in [-0.4, -0.2) is 80.3 Å². The van der Waals surface area contributed by atoms with E-state index in [1.165, 1.54) is 0 Å². The van der Waals surface area contributed by atoms with Crippen LogP contribution < -0.4 is 15.0 Å². The van der Waals surface area contributed by atoms with Crippen molar-refractivity contribution in [2.45, 2.75) is 50.5 Å². The minimum atomic E-state index is -0.453. The lowest BCUT2D eigenvalue weighted by molar-refractivity contribution is 0.0632. The van der Waals surface area contributed by atoms with Gasteiger partial charge in [0.2, 0.25) is 0 Å². The maximum Gasteiger partial charge on any atom is 0.253 e. The zero-order valence-corrected chi connectivity index (χ0v) is 18.9. The van der Waals surface area contributed by atoms with E-state index in [1.54, 1.807) is 4.68 Å². The van der Waals surface area contributed by atoms with E-state index in [0.29, 0.717) is 74.1 Å². The number of hydrogen-bond acceptors (Lipinski definition) is 9. The summed E-state index contributed by atoms with van der Waals surface area (Å²) in [6.07, 6.45) is 2.98. The molecule has 2 saturated heterocycles. The van der Waals surface area contributed by atoms with E-state index in [2.05, 4.69) is 25.4 Å². The summed E-state index contributed by atoms with van der Waals surface area (Å²) in [6.45, 7) is 3.53. The lowest BCUT2D eigenvalue weighted by atomic mass is 9.99. The second kappa shape index (κ2) is 8.97. The van der Waals surface area contributed by atoms with Gasteiger partial charge in [-0.2, -0.15) is 0 Å². The molecular formula is C23H28N6O5. The predicted octanol–water partition coefficient (Wildman–Crippen LogP) is 1.01. The minimum absolute atomic E-state index is 0.0598. The third-order valence-electron chi connectivity index (χ3n) is 6.90. The SMILES string of the molecule is O=c1[nH]c2cc3c(cc2cc1[C@H](c1nnnn1C[C@@H]1CCCO1)N1CCC(O)CC1)OCCO3.